The summed E-state index contributed by atoms with van der Waals surface area (Å²) in [6.45, 7) is 3.39. The first-order valence-corrected chi connectivity index (χ1v) is 5.49. The lowest BCUT2D eigenvalue weighted by molar-refractivity contribution is 0.138. The van der Waals surface area contributed by atoms with Gasteiger partial charge < -0.3 is 4.90 Å². The molecule has 0 N–H and O–H groups in total. The van der Waals surface area contributed by atoms with Crippen molar-refractivity contribution < 1.29 is 0 Å². The highest BCUT2D eigenvalue weighted by Crippen LogP contribution is 2.18. The van der Waals surface area contributed by atoms with Crippen LogP contribution >= 0.6 is 0 Å². The Morgan fingerprint density at radius 2 is 2.21 bits per heavy atom. The fourth-order valence-electron chi connectivity index (χ4n) is 2.02. The van der Waals surface area contributed by atoms with Crippen LogP contribution in [0.1, 0.15) is 25.7 Å². The average Bonchev–Trinajstić information content (AvgIpc) is 2.17. The van der Waals surface area contributed by atoms with Gasteiger partial charge in [0.25, 0.3) is 0 Å². The molecular formula is C11H21N3. The maximum absolute atomic E-state index is 8.73. The van der Waals surface area contributed by atoms with Crippen molar-refractivity contribution in [3.63, 3.8) is 0 Å². The van der Waals surface area contributed by atoms with Crippen LogP contribution in [0.15, 0.2) is 0 Å². The van der Waals surface area contributed by atoms with Gasteiger partial charge in [-0.1, -0.05) is 6.42 Å². The van der Waals surface area contributed by atoms with Crippen LogP contribution in [0.2, 0.25) is 0 Å². The van der Waals surface area contributed by atoms with E-state index in [0.717, 1.165) is 13.1 Å². The molecule has 0 aromatic carbocycles. The summed E-state index contributed by atoms with van der Waals surface area (Å²) in [5.74, 6) is 0. The van der Waals surface area contributed by atoms with Gasteiger partial charge in [-0.2, -0.15) is 5.26 Å². The van der Waals surface area contributed by atoms with Crippen LogP contribution in [-0.2, 0) is 0 Å². The Hall–Kier alpha value is -0.590. The fraction of sp³-hybridized carbons (Fsp3) is 0.909. The van der Waals surface area contributed by atoms with Crippen molar-refractivity contribution in [2.45, 2.75) is 31.7 Å². The van der Waals surface area contributed by atoms with E-state index < -0.39 is 0 Å². The summed E-state index contributed by atoms with van der Waals surface area (Å²) >= 11 is 0. The Morgan fingerprint density at radius 3 is 2.86 bits per heavy atom. The molecule has 0 amide bonds. The number of likely N-dealkylation sites (tertiary alicyclic amines) is 1. The summed E-state index contributed by atoms with van der Waals surface area (Å²) in [6.07, 6.45) is 4.51. The fourth-order valence-corrected chi connectivity index (χ4v) is 2.02. The first kappa shape index (κ1) is 11.5. The monoisotopic (exact) mass is 195 g/mol. The third-order valence-electron chi connectivity index (χ3n) is 2.91. The van der Waals surface area contributed by atoms with Crippen LogP contribution in [-0.4, -0.2) is 49.6 Å². The standard InChI is InChI=1S/C11H21N3/c1-13(2)9-10-14-8-4-3-5-11(14)6-7-12/h11H,3-6,8-10H2,1-2H3. The molecule has 1 saturated heterocycles. The first-order valence-electron chi connectivity index (χ1n) is 5.49. The predicted molar refractivity (Wildman–Crippen MR) is 58.0 cm³/mol. The molecule has 0 saturated carbocycles. The van der Waals surface area contributed by atoms with E-state index in [1.54, 1.807) is 0 Å². The van der Waals surface area contributed by atoms with Crippen molar-refractivity contribution in [1.29, 1.82) is 5.26 Å². The highest BCUT2D eigenvalue weighted by Gasteiger charge is 2.21. The quantitative estimate of drug-likeness (QED) is 0.677. The molecular weight excluding hydrogens is 174 g/mol. The van der Waals surface area contributed by atoms with E-state index in [0.29, 0.717) is 12.5 Å². The molecule has 0 aliphatic carbocycles. The van der Waals surface area contributed by atoms with E-state index in [-0.39, 0.29) is 0 Å². The summed E-state index contributed by atoms with van der Waals surface area (Å²) in [5.41, 5.74) is 0. The minimum absolute atomic E-state index is 0.522. The molecule has 80 valence electrons. The lowest BCUT2D eigenvalue weighted by atomic mass is 10.00. The number of nitriles is 1. The summed E-state index contributed by atoms with van der Waals surface area (Å²) in [4.78, 5) is 4.69. The zero-order chi connectivity index (χ0) is 10.4. The van der Waals surface area contributed by atoms with E-state index in [4.69, 9.17) is 5.26 Å². The predicted octanol–water partition coefficient (Wildman–Crippen LogP) is 1.32. The maximum atomic E-state index is 8.73. The number of nitrogens with zero attached hydrogens (tertiary/aromatic N) is 3. The number of piperidine rings is 1. The summed E-state index contributed by atoms with van der Waals surface area (Å²) in [7, 11) is 4.20. The highest BCUT2D eigenvalue weighted by molar-refractivity contribution is 4.85. The van der Waals surface area contributed by atoms with Gasteiger partial charge in [-0.25, -0.2) is 0 Å². The van der Waals surface area contributed by atoms with Crippen molar-refractivity contribution >= 4 is 0 Å². The normalized spacial score (nSPS) is 23.7. The highest BCUT2D eigenvalue weighted by atomic mass is 15.2. The average molecular weight is 195 g/mol. The van der Waals surface area contributed by atoms with Gasteiger partial charge in [0, 0.05) is 19.1 Å². The largest absolute Gasteiger partial charge is 0.308 e. The Bertz CT molecular complexity index is 195. The third-order valence-corrected chi connectivity index (χ3v) is 2.91. The molecule has 0 aromatic rings. The first-order chi connectivity index (χ1) is 6.74. The van der Waals surface area contributed by atoms with Crippen LogP contribution < -0.4 is 0 Å². The number of likely N-dealkylation sites (N-methyl/N-ethyl adjacent to an activating group) is 1. The number of hydrogen-bond donors (Lipinski definition) is 0. The smallest absolute Gasteiger partial charge is 0.0638 e. The van der Waals surface area contributed by atoms with Gasteiger partial charge in [0.2, 0.25) is 0 Å². The second kappa shape index (κ2) is 6.00. The van der Waals surface area contributed by atoms with Gasteiger partial charge in [-0.05, 0) is 33.5 Å². The van der Waals surface area contributed by atoms with Gasteiger partial charge in [0.15, 0.2) is 0 Å². The molecule has 1 aliphatic heterocycles. The molecule has 1 atom stereocenters. The second-order valence-electron chi connectivity index (χ2n) is 4.35. The van der Waals surface area contributed by atoms with E-state index in [2.05, 4.69) is 30.0 Å². The van der Waals surface area contributed by atoms with Gasteiger partial charge in [-0.15, -0.1) is 0 Å². The zero-order valence-electron chi connectivity index (χ0n) is 9.37. The van der Waals surface area contributed by atoms with Crippen molar-refractivity contribution in [1.82, 2.24) is 9.80 Å². The van der Waals surface area contributed by atoms with Crippen LogP contribution in [0.4, 0.5) is 0 Å². The maximum Gasteiger partial charge on any atom is 0.0638 e. The van der Waals surface area contributed by atoms with Crippen molar-refractivity contribution in [2.24, 2.45) is 0 Å². The molecule has 1 rings (SSSR count). The van der Waals surface area contributed by atoms with Gasteiger partial charge >= 0.3 is 0 Å². The van der Waals surface area contributed by atoms with E-state index >= 15 is 0 Å². The summed E-state index contributed by atoms with van der Waals surface area (Å²) < 4.78 is 0. The second-order valence-corrected chi connectivity index (χ2v) is 4.35. The Balaban J connectivity index is 2.34. The molecule has 3 nitrogen and oxygen atoms in total. The Morgan fingerprint density at radius 1 is 1.43 bits per heavy atom. The van der Waals surface area contributed by atoms with Crippen LogP contribution in [0.25, 0.3) is 0 Å². The summed E-state index contributed by atoms with van der Waals surface area (Å²) in [5, 5.41) is 8.73. The minimum atomic E-state index is 0.522. The Kier molecular flexibility index (Phi) is 4.92. The third kappa shape index (κ3) is 3.65. The molecule has 1 fully saturated rings. The zero-order valence-corrected chi connectivity index (χ0v) is 9.37. The lowest BCUT2D eigenvalue weighted by Crippen LogP contribution is -2.42. The molecule has 1 unspecified atom stereocenters. The van der Waals surface area contributed by atoms with Crippen LogP contribution in [0.3, 0.4) is 0 Å². The molecule has 0 bridgehead atoms. The summed E-state index contributed by atoms with van der Waals surface area (Å²) in [6, 6.07) is 2.82. The van der Waals surface area contributed by atoms with Crippen LogP contribution in [0, 0.1) is 11.3 Å². The SMILES string of the molecule is CN(C)CCN1CCCCC1CC#N. The van der Waals surface area contributed by atoms with E-state index in [9.17, 15) is 0 Å². The number of rotatable bonds is 4. The van der Waals surface area contributed by atoms with Gasteiger partial charge in [-0.3, -0.25) is 4.90 Å². The molecule has 14 heavy (non-hydrogen) atoms. The van der Waals surface area contributed by atoms with Crippen molar-refractivity contribution in [2.75, 3.05) is 33.7 Å². The van der Waals surface area contributed by atoms with Crippen molar-refractivity contribution in [3.05, 3.63) is 0 Å². The Labute approximate surface area is 87.3 Å². The molecule has 0 radical (unpaired) electrons. The molecule has 0 aromatic heterocycles. The number of hydrogen-bond acceptors (Lipinski definition) is 3. The van der Waals surface area contributed by atoms with E-state index in [1.807, 2.05) is 0 Å². The van der Waals surface area contributed by atoms with Crippen molar-refractivity contribution in [3.8, 4) is 6.07 Å². The molecule has 1 aliphatic rings. The van der Waals surface area contributed by atoms with E-state index in [1.165, 1.54) is 25.8 Å². The lowest BCUT2D eigenvalue weighted by Gasteiger charge is -2.35. The molecule has 0 spiro atoms. The minimum Gasteiger partial charge on any atom is -0.308 e. The van der Waals surface area contributed by atoms with Gasteiger partial charge in [0.1, 0.15) is 0 Å². The van der Waals surface area contributed by atoms with Crippen LogP contribution in [0.5, 0.6) is 0 Å². The van der Waals surface area contributed by atoms with Gasteiger partial charge in [0.05, 0.1) is 12.5 Å². The molecule has 1 heterocycles. The topological polar surface area (TPSA) is 30.3 Å². The molecule has 3 heteroatoms.